The second kappa shape index (κ2) is 7.97. The highest BCUT2D eigenvalue weighted by molar-refractivity contribution is 5.87. The molecule has 5 nitrogen and oxygen atoms in total. The Morgan fingerprint density at radius 2 is 2.21 bits per heavy atom. The van der Waals surface area contributed by atoms with E-state index < -0.39 is 5.60 Å². The number of unbranched alkanes of at least 4 members (excludes halogenated alkanes) is 1. The molecule has 1 fully saturated rings. The molecule has 2 rings (SSSR count). The van der Waals surface area contributed by atoms with Gasteiger partial charge in [0.2, 0.25) is 0 Å². The average molecular weight is 333 g/mol. The summed E-state index contributed by atoms with van der Waals surface area (Å²) in [6, 6.07) is 4.39. The Morgan fingerprint density at radius 1 is 1.46 bits per heavy atom. The molecule has 1 aromatic rings. The number of carbonyl (C=O) groups excluding carboxylic acids is 1. The fourth-order valence-corrected chi connectivity index (χ4v) is 3.17. The van der Waals surface area contributed by atoms with Crippen molar-refractivity contribution < 1.29 is 9.53 Å². The highest BCUT2D eigenvalue weighted by Gasteiger charge is 2.30. The Hall–Kier alpha value is -1.62. The lowest BCUT2D eigenvalue weighted by atomic mass is 10.0. The number of carbonyl (C=O) groups is 1. The monoisotopic (exact) mass is 333 g/mol. The van der Waals surface area contributed by atoms with Crippen LogP contribution in [0.4, 0.5) is 10.6 Å². The molecule has 0 unspecified atom stereocenters. The molecule has 1 aliphatic heterocycles. The van der Waals surface area contributed by atoms with E-state index in [1.807, 2.05) is 26.8 Å². The summed E-state index contributed by atoms with van der Waals surface area (Å²) in [7, 11) is 1.74. The maximum atomic E-state index is 12.4. The van der Waals surface area contributed by atoms with Crippen molar-refractivity contribution in [3.63, 3.8) is 0 Å². The van der Waals surface area contributed by atoms with Crippen LogP contribution in [0.15, 0.2) is 18.3 Å². The molecule has 134 valence electrons. The fraction of sp³-hybridized carbons (Fsp3) is 0.684. The van der Waals surface area contributed by atoms with E-state index in [2.05, 4.69) is 22.9 Å². The van der Waals surface area contributed by atoms with Gasteiger partial charge < -0.3 is 4.74 Å². The first kappa shape index (κ1) is 18.7. The molecule has 0 aromatic carbocycles. The van der Waals surface area contributed by atoms with E-state index in [9.17, 15) is 4.79 Å². The van der Waals surface area contributed by atoms with Gasteiger partial charge in [-0.15, -0.1) is 0 Å². The lowest BCUT2D eigenvalue weighted by Crippen LogP contribution is -2.36. The predicted molar refractivity (Wildman–Crippen MR) is 97.3 cm³/mol. The van der Waals surface area contributed by atoms with Crippen LogP contribution in [-0.4, -0.2) is 41.7 Å². The topological polar surface area (TPSA) is 45.7 Å². The van der Waals surface area contributed by atoms with Gasteiger partial charge in [-0.25, -0.2) is 9.78 Å². The van der Waals surface area contributed by atoms with Gasteiger partial charge in [0.1, 0.15) is 11.4 Å². The molecular weight excluding hydrogens is 302 g/mol. The Kier molecular flexibility index (Phi) is 6.21. The molecule has 1 aliphatic rings. The Bertz CT molecular complexity index is 554. The zero-order valence-corrected chi connectivity index (χ0v) is 15.7. The van der Waals surface area contributed by atoms with Crippen molar-refractivity contribution in [2.24, 2.45) is 0 Å². The highest BCUT2D eigenvalue weighted by atomic mass is 16.6. The standard InChI is InChI=1S/C19H31N3O2/c1-6-7-13-22-14-9-11-16(22)15-10-8-12-20-17(15)21(5)18(23)24-19(2,3)4/h8,10,12,16H,6-7,9,11,13-14H2,1-5H3/t16-/m0/s1. The summed E-state index contributed by atoms with van der Waals surface area (Å²) in [4.78, 5) is 21.0. The molecule has 0 aliphatic carbocycles. The highest BCUT2D eigenvalue weighted by Crippen LogP contribution is 2.36. The molecular formula is C19H31N3O2. The van der Waals surface area contributed by atoms with E-state index in [0.29, 0.717) is 11.9 Å². The number of ether oxygens (including phenoxy) is 1. The van der Waals surface area contributed by atoms with Crippen LogP contribution in [0.2, 0.25) is 0 Å². The molecule has 0 saturated carbocycles. The van der Waals surface area contributed by atoms with E-state index in [-0.39, 0.29) is 6.09 Å². The van der Waals surface area contributed by atoms with Crippen LogP contribution >= 0.6 is 0 Å². The first-order valence-corrected chi connectivity index (χ1v) is 8.99. The van der Waals surface area contributed by atoms with Crippen molar-refractivity contribution in [2.45, 2.75) is 65.0 Å². The van der Waals surface area contributed by atoms with Gasteiger partial charge in [0, 0.05) is 24.8 Å². The van der Waals surface area contributed by atoms with Crippen molar-refractivity contribution in [1.29, 1.82) is 0 Å². The van der Waals surface area contributed by atoms with Crippen LogP contribution in [0, 0.1) is 0 Å². The van der Waals surface area contributed by atoms with E-state index in [1.54, 1.807) is 13.2 Å². The SMILES string of the molecule is CCCCN1CCC[C@H]1c1cccnc1N(C)C(=O)OC(C)(C)C. The number of anilines is 1. The molecule has 0 radical (unpaired) electrons. The summed E-state index contributed by atoms with van der Waals surface area (Å²) in [5.74, 6) is 0.708. The molecule has 0 N–H and O–H groups in total. The first-order valence-electron chi connectivity index (χ1n) is 8.99. The Labute approximate surface area is 146 Å². The van der Waals surface area contributed by atoms with Gasteiger partial charge in [-0.1, -0.05) is 19.4 Å². The number of likely N-dealkylation sites (tertiary alicyclic amines) is 1. The maximum Gasteiger partial charge on any atom is 0.415 e. The number of amides is 1. The number of nitrogens with zero attached hydrogens (tertiary/aromatic N) is 3. The molecule has 0 spiro atoms. The third-order valence-corrected chi connectivity index (χ3v) is 4.32. The van der Waals surface area contributed by atoms with Gasteiger partial charge in [-0.3, -0.25) is 9.80 Å². The smallest absolute Gasteiger partial charge is 0.415 e. The summed E-state index contributed by atoms with van der Waals surface area (Å²) in [6.07, 6.45) is 6.09. The zero-order valence-electron chi connectivity index (χ0n) is 15.7. The van der Waals surface area contributed by atoms with Crippen LogP contribution < -0.4 is 4.90 Å². The van der Waals surface area contributed by atoms with Gasteiger partial charge in [0.25, 0.3) is 0 Å². The van der Waals surface area contributed by atoms with Crippen LogP contribution in [-0.2, 0) is 4.74 Å². The zero-order chi connectivity index (χ0) is 17.7. The third-order valence-electron chi connectivity index (χ3n) is 4.32. The summed E-state index contributed by atoms with van der Waals surface area (Å²) >= 11 is 0. The maximum absolute atomic E-state index is 12.4. The van der Waals surface area contributed by atoms with Gasteiger partial charge >= 0.3 is 6.09 Å². The Balaban J connectivity index is 2.22. The van der Waals surface area contributed by atoms with Gasteiger partial charge in [-0.2, -0.15) is 0 Å². The molecule has 1 saturated heterocycles. The molecule has 1 aromatic heterocycles. The van der Waals surface area contributed by atoms with Crippen LogP contribution in [0.5, 0.6) is 0 Å². The lowest BCUT2D eigenvalue weighted by Gasteiger charge is -2.29. The molecule has 1 amide bonds. The number of pyridine rings is 1. The molecule has 24 heavy (non-hydrogen) atoms. The van der Waals surface area contributed by atoms with Gasteiger partial charge in [0.15, 0.2) is 0 Å². The van der Waals surface area contributed by atoms with Crippen molar-refractivity contribution >= 4 is 11.9 Å². The fourth-order valence-electron chi connectivity index (χ4n) is 3.17. The minimum absolute atomic E-state index is 0.338. The average Bonchev–Trinajstić information content (AvgIpc) is 2.98. The molecule has 1 atom stereocenters. The molecule has 2 heterocycles. The summed E-state index contributed by atoms with van der Waals surface area (Å²) < 4.78 is 5.50. The first-order chi connectivity index (χ1) is 11.3. The second-order valence-electron chi connectivity index (χ2n) is 7.50. The quantitative estimate of drug-likeness (QED) is 0.801. The number of aromatic nitrogens is 1. The Morgan fingerprint density at radius 3 is 2.88 bits per heavy atom. The third kappa shape index (κ3) is 4.69. The molecule has 5 heteroatoms. The minimum Gasteiger partial charge on any atom is -0.443 e. The van der Waals surface area contributed by atoms with E-state index in [0.717, 1.165) is 25.1 Å². The number of rotatable bonds is 5. The second-order valence-corrected chi connectivity index (χ2v) is 7.50. The summed E-state index contributed by atoms with van der Waals surface area (Å²) in [5.41, 5.74) is 0.611. The largest absolute Gasteiger partial charge is 0.443 e. The van der Waals surface area contributed by atoms with Gasteiger partial charge in [0.05, 0.1) is 0 Å². The van der Waals surface area contributed by atoms with Crippen molar-refractivity contribution in [3.8, 4) is 0 Å². The summed E-state index contributed by atoms with van der Waals surface area (Å²) in [5, 5.41) is 0. The summed E-state index contributed by atoms with van der Waals surface area (Å²) in [6.45, 7) is 10.1. The van der Waals surface area contributed by atoms with Crippen molar-refractivity contribution in [1.82, 2.24) is 9.88 Å². The van der Waals surface area contributed by atoms with Crippen molar-refractivity contribution in [3.05, 3.63) is 23.9 Å². The lowest BCUT2D eigenvalue weighted by molar-refractivity contribution is 0.0587. The number of hydrogen-bond acceptors (Lipinski definition) is 4. The van der Waals surface area contributed by atoms with E-state index >= 15 is 0 Å². The van der Waals surface area contributed by atoms with Crippen LogP contribution in [0.1, 0.15) is 65.0 Å². The van der Waals surface area contributed by atoms with Crippen molar-refractivity contribution in [2.75, 3.05) is 25.0 Å². The molecule has 0 bridgehead atoms. The predicted octanol–water partition coefficient (Wildman–Crippen LogP) is 4.39. The van der Waals surface area contributed by atoms with E-state index in [4.69, 9.17) is 4.74 Å². The number of hydrogen-bond donors (Lipinski definition) is 0. The van der Waals surface area contributed by atoms with Gasteiger partial charge in [-0.05, 0) is 59.2 Å². The van der Waals surface area contributed by atoms with E-state index in [1.165, 1.54) is 24.2 Å². The van der Waals surface area contributed by atoms with Crippen LogP contribution in [0.3, 0.4) is 0 Å². The normalized spacial score (nSPS) is 18.6. The minimum atomic E-state index is -0.513. The van der Waals surface area contributed by atoms with Crippen LogP contribution in [0.25, 0.3) is 0 Å².